The topological polar surface area (TPSA) is 60.9 Å². The lowest BCUT2D eigenvalue weighted by molar-refractivity contribution is -0.129. The molecule has 5 nitrogen and oxygen atoms in total. The van der Waals surface area contributed by atoms with Crippen LogP contribution in [0.1, 0.15) is 35.1 Å². The second kappa shape index (κ2) is 8.67. The van der Waals surface area contributed by atoms with Gasteiger partial charge in [0.05, 0.1) is 16.5 Å². The van der Waals surface area contributed by atoms with Gasteiger partial charge in [0.15, 0.2) is 5.76 Å². The summed E-state index contributed by atoms with van der Waals surface area (Å²) in [6.07, 6.45) is 0. The third-order valence-corrected chi connectivity index (χ3v) is 5.90. The lowest BCUT2D eigenvalue weighted by atomic mass is 9.95. The van der Waals surface area contributed by atoms with Crippen molar-refractivity contribution in [3.05, 3.63) is 69.4 Å². The molecule has 148 valence electrons. The van der Waals surface area contributed by atoms with E-state index in [0.717, 1.165) is 13.1 Å². The molecule has 0 unspecified atom stereocenters. The predicted octanol–water partition coefficient (Wildman–Crippen LogP) is 3.81. The van der Waals surface area contributed by atoms with Gasteiger partial charge in [0, 0.05) is 13.1 Å². The fourth-order valence-corrected chi connectivity index (χ4v) is 4.12. The van der Waals surface area contributed by atoms with Crippen LogP contribution < -0.4 is 0 Å². The number of aliphatic hydroxyl groups excluding tert-OH is 1. The third kappa shape index (κ3) is 3.86. The third-order valence-electron chi connectivity index (χ3n) is 5.03. The van der Waals surface area contributed by atoms with E-state index in [2.05, 4.69) is 4.90 Å². The van der Waals surface area contributed by atoms with Gasteiger partial charge in [0.25, 0.3) is 5.91 Å². The molecule has 0 saturated heterocycles. The fraction of sp³-hybridized carbons (Fsp3) is 0.333. The number of thiophene rings is 1. The van der Waals surface area contributed by atoms with Crippen LogP contribution in [0.4, 0.5) is 4.39 Å². The predicted molar refractivity (Wildman–Crippen MR) is 107 cm³/mol. The lowest BCUT2D eigenvalue weighted by Gasteiger charge is -2.29. The van der Waals surface area contributed by atoms with Gasteiger partial charge in [-0.2, -0.15) is 0 Å². The van der Waals surface area contributed by atoms with Crippen molar-refractivity contribution in [1.29, 1.82) is 0 Å². The molecule has 0 bridgehead atoms. The summed E-state index contributed by atoms with van der Waals surface area (Å²) in [5, 5.41) is 12.3. The summed E-state index contributed by atoms with van der Waals surface area (Å²) in [6.45, 7) is 6.71. The lowest BCUT2D eigenvalue weighted by Crippen LogP contribution is -2.38. The Morgan fingerprint density at radius 3 is 2.46 bits per heavy atom. The molecule has 1 aliphatic heterocycles. The Kier molecular flexibility index (Phi) is 6.26. The number of aliphatic hydroxyl groups is 1. The maximum absolute atomic E-state index is 13.4. The fourth-order valence-electron chi connectivity index (χ4n) is 3.44. The quantitative estimate of drug-likeness (QED) is 0.682. The molecule has 7 heteroatoms. The highest BCUT2D eigenvalue weighted by Crippen LogP contribution is 2.39. The first-order valence-electron chi connectivity index (χ1n) is 9.28. The van der Waals surface area contributed by atoms with Crippen molar-refractivity contribution in [3.63, 3.8) is 0 Å². The number of benzene rings is 1. The van der Waals surface area contributed by atoms with Crippen LogP contribution in [-0.2, 0) is 4.79 Å². The minimum Gasteiger partial charge on any atom is -0.503 e. The van der Waals surface area contributed by atoms with Crippen molar-refractivity contribution < 1.29 is 19.1 Å². The van der Waals surface area contributed by atoms with Crippen molar-refractivity contribution in [2.45, 2.75) is 19.9 Å². The Morgan fingerprint density at radius 2 is 1.89 bits per heavy atom. The molecule has 1 aromatic heterocycles. The Balaban J connectivity index is 1.99. The van der Waals surface area contributed by atoms with Crippen LogP contribution >= 0.6 is 11.3 Å². The van der Waals surface area contributed by atoms with E-state index < -0.39 is 23.5 Å². The number of likely N-dealkylation sites (N-methyl/N-ethyl adjacent to an activating group) is 1. The van der Waals surface area contributed by atoms with Crippen molar-refractivity contribution in [3.8, 4) is 0 Å². The smallest absolute Gasteiger partial charge is 0.290 e. The van der Waals surface area contributed by atoms with Gasteiger partial charge in [0.1, 0.15) is 5.82 Å². The number of Topliss-reactive ketones (excluding diaryl/α,β-unsaturated/α-hetero) is 1. The Hall–Kier alpha value is -2.51. The highest BCUT2D eigenvalue weighted by Gasteiger charge is 2.43. The number of rotatable bonds is 8. The number of hydrogen-bond acceptors (Lipinski definition) is 5. The van der Waals surface area contributed by atoms with Crippen molar-refractivity contribution in [2.24, 2.45) is 0 Å². The number of carbonyl (C=O) groups is 2. The highest BCUT2D eigenvalue weighted by atomic mass is 32.1. The molecular formula is C21H23FN2O3S. The van der Waals surface area contributed by atoms with Crippen LogP contribution in [0.25, 0.3) is 0 Å². The van der Waals surface area contributed by atoms with Gasteiger partial charge in [0.2, 0.25) is 5.78 Å². The SMILES string of the molecule is CCN(CC)CCN1C(=O)C(O)=C(C(=O)c2cccs2)[C@H]1c1ccc(F)cc1. The first-order valence-corrected chi connectivity index (χ1v) is 10.2. The van der Waals surface area contributed by atoms with Crippen molar-refractivity contribution >= 4 is 23.0 Å². The maximum Gasteiger partial charge on any atom is 0.290 e. The number of halogens is 1. The Bertz CT molecular complexity index is 874. The summed E-state index contributed by atoms with van der Waals surface area (Å²) in [5.41, 5.74) is 0.650. The second-order valence-electron chi connectivity index (χ2n) is 6.55. The second-order valence-corrected chi connectivity index (χ2v) is 7.50. The molecule has 0 aliphatic carbocycles. The molecular weight excluding hydrogens is 379 g/mol. The highest BCUT2D eigenvalue weighted by molar-refractivity contribution is 7.12. The molecule has 1 atom stereocenters. The van der Waals surface area contributed by atoms with Gasteiger partial charge < -0.3 is 14.9 Å². The van der Waals surface area contributed by atoms with E-state index in [-0.39, 0.29) is 11.4 Å². The average Bonchev–Trinajstić information content (AvgIpc) is 3.32. The zero-order chi connectivity index (χ0) is 20.3. The summed E-state index contributed by atoms with van der Waals surface area (Å²) in [6, 6.07) is 8.37. The Morgan fingerprint density at radius 1 is 1.21 bits per heavy atom. The van der Waals surface area contributed by atoms with E-state index in [0.29, 0.717) is 23.5 Å². The number of amides is 1. The summed E-state index contributed by atoms with van der Waals surface area (Å²) in [7, 11) is 0. The van der Waals surface area contributed by atoms with Gasteiger partial charge >= 0.3 is 0 Å². The molecule has 0 spiro atoms. The van der Waals surface area contributed by atoms with Crippen LogP contribution in [-0.4, -0.2) is 52.8 Å². The van der Waals surface area contributed by atoms with E-state index >= 15 is 0 Å². The molecule has 28 heavy (non-hydrogen) atoms. The van der Waals surface area contributed by atoms with Gasteiger partial charge in [-0.3, -0.25) is 9.59 Å². The summed E-state index contributed by atoms with van der Waals surface area (Å²) in [4.78, 5) is 30.0. The monoisotopic (exact) mass is 402 g/mol. The first-order chi connectivity index (χ1) is 13.5. The van der Waals surface area contributed by atoms with E-state index in [1.165, 1.54) is 28.4 Å². The molecule has 1 N–H and O–H groups in total. The van der Waals surface area contributed by atoms with Crippen LogP contribution in [0, 0.1) is 5.82 Å². The van der Waals surface area contributed by atoms with Crippen LogP contribution in [0.3, 0.4) is 0 Å². The molecule has 3 rings (SSSR count). The minimum atomic E-state index is -0.738. The van der Waals surface area contributed by atoms with Crippen LogP contribution in [0.15, 0.2) is 53.1 Å². The van der Waals surface area contributed by atoms with E-state index in [1.807, 2.05) is 13.8 Å². The molecule has 1 aromatic carbocycles. The zero-order valence-electron chi connectivity index (χ0n) is 15.9. The van der Waals surface area contributed by atoms with Gasteiger partial charge in [-0.15, -0.1) is 11.3 Å². The molecule has 0 radical (unpaired) electrons. The average molecular weight is 402 g/mol. The number of nitrogens with zero attached hydrogens (tertiary/aromatic N) is 2. The molecule has 1 amide bonds. The zero-order valence-corrected chi connectivity index (χ0v) is 16.7. The van der Waals surface area contributed by atoms with E-state index in [1.54, 1.807) is 29.6 Å². The number of hydrogen-bond donors (Lipinski definition) is 1. The summed E-state index contributed by atoms with van der Waals surface area (Å²) >= 11 is 1.25. The van der Waals surface area contributed by atoms with Gasteiger partial charge in [-0.25, -0.2) is 4.39 Å². The van der Waals surface area contributed by atoms with E-state index in [9.17, 15) is 19.1 Å². The Labute approximate surface area is 167 Å². The minimum absolute atomic E-state index is 0.0543. The van der Waals surface area contributed by atoms with Gasteiger partial charge in [-0.05, 0) is 42.2 Å². The first kappa shape index (κ1) is 20.2. The van der Waals surface area contributed by atoms with Crippen LogP contribution in [0.5, 0.6) is 0 Å². The molecule has 2 aromatic rings. The van der Waals surface area contributed by atoms with Crippen molar-refractivity contribution in [2.75, 3.05) is 26.2 Å². The maximum atomic E-state index is 13.4. The van der Waals surface area contributed by atoms with E-state index in [4.69, 9.17) is 0 Å². The standard InChI is InChI=1S/C21H23FN2O3S/c1-3-23(4-2)11-12-24-18(14-7-9-15(22)10-8-14)17(20(26)21(24)27)19(25)16-6-5-13-28-16/h5-10,13,18,26H,3-4,11-12H2,1-2H3/t18-/m1/s1. The number of carbonyl (C=O) groups excluding carboxylic acids is 2. The molecule has 0 saturated carbocycles. The normalized spacial score (nSPS) is 17.1. The van der Waals surface area contributed by atoms with Crippen molar-refractivity contribution in [1.82, 2.24) is 9.80 Å². The van der Waals surface area contributed by atoms with Crippen LogP contribution in [0.2, 0.25) is 0 Å². The largest absolute Gasteiger partial charge is 0.503 e. The van der Waals surface area contributed by atoms with Gasteiger partial charge in [-0.1, -0.05) is 32.0 Å². The molecule has 0 fully saturated rings. The number of ketones is 1. The molecule has 2 heterocycles. The molecule has 1 aliphatic rings. The summed E-state index contributed by atoms with van der Waals surface area (Å²) < 4.78 is 13.4. The summed E-state index contributed by atoms with van der Waals surface area (Å²) in [5.74, 6) is -1.86.